The summed E-state index contributed by atoms with van der Waals surface area (Å²) in [6.45, 7) is 8.70. The minimum absolute atomic E-state index is 0.0343. The van der Waals surface area contributed by atoms with Gasteiger partial charge in [-0.2, -0.15) is 0 Å². The molecular formula is C25H35N5O. The number of amides is 1. The highest BCUT2D eigenvalue weighted by atomic mass is 16.2. The van der Waals surface area contributed by atoms with E-state index in [1.54, 1.807) is 19.0 Å². The Morgan fingerprint density at radius 2 is 1.71 bits per heavy atom. The van der Waals surface area contributed by atoms with Gasteiger partial charge >= 0.3 is 0 Å². The van der Waals surface area contributed by atoms with Crippen LogP contribution in [0.5, 0.6) is 0 Å². The molecule has 1 N–H and O–H groups in total. The van der Waals surface area contributed by atoms with Gasteiger partial charge in [0.1, 0.15) is 0 Å². The average Bonchev–Trinajstić information content (AvgIpc) is 2.79. The first-order valence-electron chi connectivity index (χ1n) is 11.2. The van der Waals surface area contributed by atoms with Gasteiger partial charge in [-0.1, -0.05) is 42.5 Å². The highest BCUT2D eigenvalue weighted by Crippen LogP contribution is 2.10. The zero-order valence-electron chi connectivity index (χ0n) is 19.1. The molecular weight excluding hydrogens is 386 g/mol. The van der Waals surface area contributed by atoms with E-state index < -0.39 is 0 Å². The fraction of sp³-hybridized carbons (Fsp3) is 0.440. The number of hydrogen-bond acceptors (Lipinski definition) is 3. The van der Waals surface area contributed by atoms with Crippen molar-refractivity contribution in [3.63, 3.8) is 0 Å². The van der Waals surface area contributed by atoms with Crippen LogP contribution < -0.4 is 5.32 Å². The third-order valence-corrected chi connectivity index (χ3v) is 5.50. The maximum absolute atomic E-state index is 12.2. The fourth-order valence-electron chi connectivity index (χ4n) is 3.79. The first kappa shape index (κ1) is 22.8. The number of piperazine rings is 1. The van der Waals surface area contributed by atoms with Gasteiger partial charge in [0.25, 0.3) is 5.91 Å². The number of carbonyl (C=O) groups is 1. The first-order chi connectivity index (χ1) is 15.1. The van der Waals surface area contributed by atoms with Crippen LogP contribution >= 0.6 is 0 Å². The monoisotopic (exact) mass is 421 g/mol. The van der Waals surface area contributed by atoms with Gasteiger partial charge in [0.15, 0.2) is 5.96 Å². The Morgan fingerprint density at radius 1 is 1.00 bits per heavy atom. The van der Waals surface area contributed by atoms with Crippen LogP contribution in [-0.4, -0.2) is 79.9 Å². The molecule has 1 heterocycles. The predicted octanol–water partition coefficient (Wildman–Crippen LogP) is 2.71. The van der Waals surface area contributed by atoms with Crippen molar-refractivity contribution in [1.29, 1.82) is 0 Å². The number of nitrogens with one attached hydrogen (secondary N) is 1. The largest absolute Gasteiger partial charge is 0.357 e. The van der Waals surface area contributed by atoms with Gasteiger partial charge < -0.3 is 15.1 Å². The van der Waals surface area contributed by atoms with Crippen LogP contribution in [0.3, 0.4) is 0 Å². The van der Waals surface area contributed by atoms with E-state index in [0.29, 0.717) is 6.54 Å². The molecule has 1 saturated heterocycles. The number of benzene rings is 2. The molecule has 31 heavy (non-hydrogen) atoms. The molecule has 1 aliphatic rings. The van der Waals surface area contributed by atoms with E-state index in [9.17, 15) is 4.79 Å². The van der Waals surface area contributed by atoms with Gasteiger partial charge in [-0.25, -0.2) is 0 Å². The summed E-state index contributed by atoms with van der Waals surface area (Å²) in [5.41, 5.74) is 3.24. The molecule has 0 atom stereocenters. The smallest absolute Gasteiger partial charge is 0.253 e. The molecule has 1 aliphatic heterocycles. The molecule has 3 rings (SSSR count). The molecule has 0 aromatic heterocycles. The van der Waals surface area contributed by atoms with Crippen molar-refractivity contribution in [3.8, 4) is 0 Å². The second-order valence-electron chi connectivity index (χ2n) is 8.13. The Hall–Kier alpha value is -2.86. The highest BCUT2D eigenvalue weighted by Gasteiger charge is 2.19. The zero-order chi connectivity index (χ0) is 22.1. The Bertz CT molecular complexity index is 857. The van der Waals surface area contributed by atoms with Crippen molar-refractivity contribution in [1.82, 2.24) is 20.0 Å². The minimum atomic E-state index is 0.0343. The summed E-state index contributed by atoms with van der Waals surface area (Å²) in [5.74, 6) is 1.02. The van der Waals surface area contributed by atoms with Crippen molar-refractivity contribution < 1.29 is 4.79 Å². The summed E-state index contributed by atoms with van der Waals surface area (Å²) in [4.78, 5) is 23.5. The van der Waals surface area contributed by atoms with Gasteiger partial charge in [-0.05, 0) is 36.6 Å². The number of hydrogen-bond donors (Lipinski definition) is 1. The molecule has 0 saturated carbocycles. The standard InChI is InChI=1S/C25H35N5O/c1-4-26-25(27-14-13-21-11-8-12-23(19-21)24(31)28(2)3)30-17-15-29(16-18-30)20-22-9-6-5-7-10-22/h5-12,19H,4,13-18,20H2,1-3H3,(H,26,27). The van der Waals surface area contributed by atoms with E-state index >= 15 is 0 Å². The molecule has 0 radical (unpaired) electrons. The Morgan fingerprint density at radius 3 is 2.39 bits per heavy atom. The lowest BCUT2D eigenvalue weighted by Gasteiger charge is -2.36. The lowest BCUT2D eigenvalue weighted by molar-refractivity contribution is 0.0827. The summed E-state index contributed by atoms with van der Waals surface area (Å²) < 4.78 is 0. The molecule has 2 aromatic rings. The average molecular weight is 422 g/mol. The van der Waals surface area contributed by atoms with Crippen molar-refractivity contribution in [2.45, 2.75) is 19.9 Å². The SMILES string of the molecule is CCNC(=NCCc1cccc(C(=O)N(C)C)c1)N1CCN(Cc2ccccc2)CC1. The second-order valence-corrected chi connectivity index (χ2v) is 8.13. The van der Waals surface area contributed by atoms with Crippen molar-refractivity contribution in [2.75, 3.05) is 53.4 Å². The third kappa shape index (κ3) is 6.82. The fourth-order valence-corrected chi connectivity index (χ4v) is 3.79. The maximum atomic E-state index is 12.2. The van der Waals surface area contributed by atoms with Crippen LogP contribution in [0.1, 0.15) is 28.4 Å². The van der Waals surface area contributed by atoms with E-state index in [1.807, 2.05) is 18.2 Å². The third-order valence-electron chi connectivity index (χ3n) is 5.50. The lowest BCUT2D eigenvalue weighted by atomic mass is 10.1. The van der Waals surface area contributed by atoms with Crippen LogP contribution in [0.15, 0.2) is 59.6 Å². The van der Waals surface area contributed by atoms with E-state index in [-0.39, 0.29) is 5.91 Å². The molecule has 1 amide bonds. The summed E-state index contributed by atoms with van der Waals surface area (Å²) in [5, 5.41) is 3.44. The number of nitrogens with zero attached hydrogens (tertiary/aromatic N) is 4. The lowest BCUT2D eigenvalue weighted by Crippen LogP contribution is -2.52. The Labute approximate surface area is 186 Å². The van der Waals surface area contributed by atoms with Crippen LogP contribution in [0.2, 0.25) is 0 Å². The molecule has 0 aliphatic carbocycles. The number of guanidine groups is 1. The normalized spacial score (nSPS) is 15.1. The molecule has 0 spiro atoms. The van der Waals surface area contributed by atoms with Crippen LogP contribution in [0.25, 0.3) is 0 Å². The number of carbonyl (C=O) groups excluding carboxylic acids is 1. The van der Waals surface area contributed by atoms with Gasteiger partial charge in [-0.3, -0.25) is 14.7 Å². The van der Waals surface area contributed by atoms with Crippen molar-refractivity contribution in [2.24, 2.45) is 4.99 Å². The van der Waals surface area contributed by atoms with Gasteiger partial charge in [0, 0.05) is 65.5 Å². The van der Waals surface area contributed by atoms with Crippen molar-refractivity contribution >= 4 is 11.9 Å². The van der Waals surface area contributed by atoms with Gasteiger partial charge in [-0.15, -0.1) is 0 Å². The van der Waals surface area contributed by atoms with E-state index in [0.717, 1.165) is 62.8 Å². The van der Waals surface area contributed by atoms with Crippen LogP contribution in [-0.2, 0) is 13.0 Å². The van der Waals surface area contributed by atoms with Crippen LogP contribution in [0, 0.1) is 0 Å². The van der Waals surface area contributed by atoms with Crippen LogP contribution in [0.4, 0.5) is 0 Å². The Kier molecular flexibility index (Phi) is 8.47. The summed E-state index contributed by atoms with van der Waals surface area (Å²) in [6.07, 6.45) is 0.817. The van der Waals surface area contributed by atoms with E-state index in [4.69, 9.17) is 4.99 Å². The second kappa shape index (κ2) is 11.5. The quantitative estimate of drug-likeness (QED) is 0.552. The summed E-state index contributed by atoms with van der Waals surface area (Å²) in [7, 11) is 3.56. The van der Waals surface area contributed by atoms with E-state index in [1.165, 1.54) is 5.56 Å². The molecule has 0 unspecified atom stereocenters. The minimum Gasteiger partial charge on any atom is -0.357 e. The molecule has 2 aromatic carbocycles. The first-order valence-corrected chi connectivity index (χ1v) is 11.2. The highest BCUT2D eigenvalue weighted by molar-refractivity contribution is 5.94. The van der Waals surface area contributed by atoms with Gasteiger partial charge in [0.2, 0.25) is 0 Å². The van der Waals surface area contributed by atoms with E-state index in [2.05, 4.69) is 58.4 Å². The zero-order valence-corrected chi connectivity index (χ0v) is 19.1. The summed E-state index contributed by atoms with van der Waals surface area (Å²) >= 11 is 0. The predicted molar refractivity (Wildman–Crippen MR) is 127 cm³/mol. The van der Waals surface area contributed by atoms with Gasteiger partial charge in [0.05, 0.1) is 0 Å². The maximum Gasteiger partial charge on any atom is 0.253 e. The van der Waals surface area contributed by atoms with Crippen molar-refractivity contribution in [3.05, 3.63) is 71.3 Å². The number of aliphatic imine (C=N–C) groups is 1. The summed E-state index contributed by atoms with van der Waals surface area (Å²) in [6, 6.07) is 18.5. The Balaban J connectivity index is 1.54. The number of rotatable bonds is 7. The molecule has 1 fully saturated rings. The molecule has 6 heteroatoms. The molecule has 166 valence electrons. The molecule has 6 nitrogen and oxygen atoms in total. The topological polar surface area (TPSA) is 51.2 Å². The molecule has 0 bridgehead atoms.